The Morgan fingerprint density at radius 3 is 2.29 bits per heavy atom. The molecule has 1 amide bonds. The molecule has 0 radical (unpaired) electrons. The average Bonchev–Trinajstić information content (AvgIpc) is 2.55. The van der Waals surface area contributed by atoms with Crippen LogP contribution in [0.2, 0.25) is 0 Å². The van der Waals surface area contributed by atoms with Crippen molar-refractivity contribution < 1.29 is 9.90 Å². The number of amides is 1. The molecule has 1 N–H and O–H groups in total. The van der Waals surface area contributed by atoms with Crippen LogP contribution in [-0.4, -0.2) is 58.1 Å². The third-order valence-electron chi connectivity index (χ3n) is 3.54. The van der Waals surface area contributed by atoms with Crippen molar-refractivity contribution in [2.45, 2.75) is 65.3 Å². The van der Waals surface area contributed by atoms with E-state index in [1.807, 2.05) is 4.90 Å². The lowest BCUT2D eigenvalue weighted by Crippen LogP contribution is -2.47. The van der Waals surface area contributed by atoms with E-state index in [9.17, 15) is 9.90 Å². The number of aliphatic hydroxyl groups excluding tert-OH is 1. The predicted octanol–water partition coefficient (Wildman–Crippen LogP) is 1.09. The lowest BCUT2D eigenvalue weighted by atomic mass is 10.1. The summed E-state index contributed by atoms with van der Waals surface area (Å²) < 4.78 is 0. The summed E-state index contributed by atoms with van der Waals surface area (Å²) in [5, 5.41) is 9.70. The maximum absolute atomic E-state index is 11.5. The van der Waals surface area contributed by atoms with E-state index in [1.54, 1.807) is 6.92 Å². The smallest absolute Gasteiger partial charge is 0.219 e. The highest BCUT2D eigenvalue weighted by Crippen LogP contribution is 2.20. The first-order valence-corrected chi connectivity index (χ1v) is 6.54. The molecule has 1 heterocycles. The van der Waals surface area contributed by atoms with Gasteiger partial charge in [-0.2, -0.15) is 0 Å². The molecule has 2 atom stereocenters. The molecule has 1 unspecified atom stereocenters. The molecular formula is C13H26N2O2. The fraction of sp³-hybridized carbons (Fsp3) is 0.923. The summed E-state index contributed by atoms with van der Waals surface area (Å²) in [5.41, 5.74) is 0. The van der Waals surface area contributed by atoms with Crippen molar-refractivity contribution in [2.75, 3.05) is 13.1 Å². The normalized spacial score (nSPS) is 25.4. The van der Waals surface area contributed by atoms with Crippen molar-refractivity contribution in [3.63, 3.8) is 0 Å². The SMILES string of the molecule is CC(=O)N1C[C@H](O)CC1CN(C(C)C)C(C)C. The van der Waals surface area contributed by atoms with Gasteiger partial charge in [-0.25, -0.2) is 0 Å². The number of likely N-dealkylation sites (tertiary alicyclic amines) is 1. The third-order valence-corrected chi connectivity index (χ3v) is 3.54. The van der Waals surface area contributed by atoms with E-state index in [1.165, 1.54) is 0 Å². The van der Waals surface area contributed by atoms with Crippen LogP contribution in [0.25, 0.3) is 0 Å². The second-order valence-electron chi connectivity index (χ2n) is 5.60. The minimum atomic E-state index is -0.356. The first kappa shape index (κ1) is 14.5. The van der Waals surface area contributed by atoms with Gasteiger partial charge in [0.25, 0.3) is 0 Å². The molecule has 0 bridgehead atoms. The van der Waals surface area contributed by atoms with E-state index in [0.29, 0.717) is 25.0 Å². The van der Waals surface area contributed by atoms with E-state index in [4.69, 9.17) is 0 Å². The first-order valence-electron chi connectivity index (χ1n) is 6.54. The fourth-order valence-corrected chi connectivity index (χ4v) is 2.71. The minimum Gasteiger partial charge on any atom is -0.391 e. The molecule has 1 saturated heterocycles. The summed E-state index contributed by atoms with van der Waals surface area (Å²) in [6.07, 6.45) is 0.347. The van der Waals surface area contributed by atoms with Crippen LogP contribution in [0.5, 0.6) is 0 Å². The fourth-order valence-electron chi connectivity index (χ4n) is 2.71. The van der Waals surface area contributed by atoms with Crippen LogP contribution in [0.1, 0.15) is 41.0 Å². The van der Waals surface area contributed by atoms with Crippen molar-refractivity contribution in [3.8, 4) is 0 Å². The molecule has 0 saturated carbocycles. The minimum absolute atomic E-state index is 0.0685. The Labute approximate surface area is 105 Å². The summed E-state index contributed by atoms with van der Waals surface area (Å²) in [5.74, 6) is 0.0685. The zero-order valence-corrected chi connectivity index (χ0v) is 11.7. The second kappa shape index (κ2) is 5.83. The number of β-amino-alcohol motifs (C(OH)–C–C–N with tert-alkyl or cyclic N) is 1. The predicted molar refractivity (Wildman–Crippen MR) is 68.8 cm³/mol. The summed E-state index contributed by atoms with van der Waals surface area (Å²) >= 11 is 0. The number of nitrogens with zero attached hydrogens (tertiary/aromatic N) is 2. The lowest BCUT2D eigenvalue weighted by molar-refractivity contribution is -0.130. The molecule has 1 aliphatic rings. The molecule has 0 aromatic rings. The van der Waals surface area contributed by atoms with Gasteiger partial charge in [0, 0.05) is 38.1 Å². The maximum Gasteiger partial charge on any atom is 0.219 e. The summed E-state index contributed by atoms with van der Waals surface area (Å²) in [6, 6.07) is 1.08. The Hall–Kier alpha value is -0.610. The highest BCUT2D eigenvalue weighted by atomic mass is 16.3. The van der Waals surface area contributed by atoms with Gasteiger partial charge in [0.05, 0.1) is 6.10 Å². The van der Waals surface area contributed by atoms with Gasteiger partial charge in [0.15, 0.2) is 0 Å². The standard InChI is InChI=1S/C13H26N2O2/c1-9(2)14(10(3)4)7-12-6-13(17)8-15(12)11(5)16/h9-10,12-13,17H,6-8H2,1-5H3/t12?,13-/m1/s1. The van der Waals surface area contributed by atoms with Crippen molar-refractivity contribution in [3.05, 3.63) is 0 Å². The Bertz CT molecular complexity index is 258. The molecule has 0 spiro atoms. The molecule has 0 aromatic carbocycles. The number of hydrogen-bond donors (Lipinski definition) is 1. The number of carbonyl (C=O) groups is 1. The molecule has 100 valence electrons. The van der Waals surface area contributed by atoms with E-state index < -0.39 is 0 Å². The van der Waals surface area contributed by atoms with Gasteiger partial charge in [0.1, 0.15) is 0 Å². The zero-order valence-electron chi connectivity index (χ0n) is 11.7. The Balaban J connectivity index is 2.68. The average molecular weight is 242 g/mol. The number of carbonyl (C=O) groups excluding carboxylic acids is 1. The summed E-state index contributed by atoms with van der Waals surface area (Å²) in [4.78, 5) is 15.7. The zero-order chi connectivity index (χ0) is 13.2. The quantitative estimate of drug-likeness (QED) is 0.802. The van der Waals surface area contributed by atoms with Crippen LogP contribution >= 0.6 is 0 Å². The van der Waals surface area contributed by atoms with Crippen LogP contribution in [-0.2, 0) is 4.79 Å². The molecular weight excluding hydrogens is 216 g/mol. The largest absolute Gasteiger partial charge is 0.391 e. The van der Waals surface area contributed by atoms with Gasteiger partial charge in [-0.3, -0.25) is 9.69 Å². The topological polar surface area (TPSA) is 43.8 Å². The summed E-state index contributed by atoms with van der Waals surface area (Å²) in [6.45, 7) is 11.6. The van der Waals surface area contributed by atoms with E-state index in [-0.39, 0.29) is 18.1 Å². The van der Waals surface area contributed by atoms with Gasteiger partial charge >= 0.3 is 0 Å². The molecule has 17 heavy (non-hydrogen) atoms. The number of aliphatic hydroxyl groups is 1. The third kappa shape index (κ3) is 3.68. The van der Waals surface area contributed by atoms with Gasteiger partial charge in [-0.15, -0.1) is 0 Å². The van der Waals surface area contributed by atoms with Crippen molar-refractivity contribution in [2.24, 2.45) is 0 Å². The van der Waals surface area contributed by atoms with Gasteiger partial charge in [-0.05, 0) is 34.1 Å². The van der Waals surface area contributed by atoms with Crippen LogP contribution in [0, 0.1) is 0 Å². The van der Waals surface area contributed by atoms with E-state index in [0.717, 1.165) is 6.54 Å². The number of hydrogen-bond acceptors (Lipinski definition) is 3. The second-order valence-corrected chi connectivity index (χ2v) is 5.60. The highest BCUT2D eigenvalue weighted by Gasteiger charge is 2.34. The molecule has 0 aromatic heterocycles. The highest BCUT2D eigenvalue weighted by molar-refractivity contribution is 5.74. The molecule has 1 aliphatic heterocycles. The summed E-state index contributed by atoms with van der Waals surface area (Å²) in [7, 11) is 0. The van der Waals surface area contributed by atoms with Crippen molar-refractivity contribution in [1.82, 2.24) is 9.80 Å². The molecule has 4 nitrogen and oxygen atoms in total. The first-order chi connectivity index (χ1) is 7.82. The Kier molecular flexibility index (Phi) is 4.95. The maximum atomic E-state index is 11.5. The number of rotatable bonds is 4. The Morgan fingerprint density at radius 2 is 1.88 bits per heavy atom. The lowest BCUT2D eigenvalue weighted by Gasteiger charge is -2.35. The van der Waals surface area contributed by atoms with Crippen LogP contribution in [0.4, 0.5) is 0 Å². The van der Waals surface area contributed by atoms with Crippen molar-refractivity contribution >= 4 is 5.91 Å². The van der Waals surface area contributed by atoms with Crippen LogP contribution in [0.15, 0.2) is 0 Å². The van der Waals surface area contributed by atoms with Crippen molar-refractivity contribution in [1.29, 1.82) is 0 Å². The Morgan fingerprint density at radius 1 is 1.35 bits per heavy atom. The van der Waals surface area contributed by atoms with Gasteiger partial charge in [0.2, 0.25) is 5.91 Å². The van der Waals surface area contributed by atoms with E-state index in [2.05, 4.69) is 32.6 Å². The van der Waals surface area contributed by atoms with Gasteiger partial charge in [-0.1, -0.05) is 0 Å². The monoisotopic (exact) mass is 242 g/mol. The molecule has 0 aliphatic carbocycles. The van der Waals surface area contributed by atoms with E-state index >= 15 is 0 Å². The van der Waals surface area contributed by atoms with Crippen LogP contribution in [0.3, 0.4) is 0 Å². The van der Waals surface area contributed by atoms with Crippen LogP contribution < -0.4 is 0 Å². The molecule has 4 heteroatoms. The van der Waals surface area contributed by atoms with Gasteiger partial charge < -0.3 is 10.0 Å². The molecule has 1 fully saturated rings. The molecule has 1 rings (SSSR count).